The number of hydrogen-bond acceptors (Lipinski definition) is 2. The van der Waals surface area contributed by atoms with Gasteiger partial charge in [-0.15, -0.1) is 0 Å². The van der Waals surface area contributed by atoms with Gasteiger partial charge in [-0.05, 0) is 13.3 Å². The normalized spacial score (nSPS) is 23.8. The summed E-state index contributed by atoms with van der Waals surface area (Å²) in [7, 11) is 1.43. The van der Waals surface area contributed by atoms with Crippen LogP contribution in [0.25, 0.3) is 0 Å². The molecular formula is C6H12N2O2. The number of urea groups is 1. The monoisotopic (exact) mass is 144 g/mol. The van der Waals surface area contributed by atoms with Crippen LogP contribution in [0.4, 0.5) is 4.79 Å². The van der Waals surface area contributed by atoms with Crippen molar-refractivity contribution in [3.05, 3.63) is 0 Å². The van der Waals surface area contributed by atoms with Crippen molar-refractivity contribution >= 4 is 6.03 Å². The van der Waals surface area contributed by atoms with Crippen molar-refractivity contribution in [3.8, 4) is 0 Å². The van der Waals surface area contributed by atoms with Crippen LogP contribution in [0.2, 0.25) is 0 Å². The van der Waals surface area contributed by atoms with E-state index in [1.54, 1.807) is 4.90 Å². The number of amides is 2. The Morgan fingerprint density at radius 1 is 1.80 bits per heavy atom. The third kappa shape index (κ3) is 1.21. The predicted octanol–water partition coefficient (Wildman–Crippen LogP) is 0.352. The van der Waals surface area contributed by atoms with Crippen LogP contribution in [-0.4, -0.2) is 30.6 Å². The van der Waals surface area contributed by atoms with Gasteiger partial charge in [0.15, 0.2) is 0 Å². The Bertz CT molecular complexity index is 138. The second kappa shape index (κ2) is 2.88. The third-order valence-electron chi connectivity index (χ3n) is 1.77. The molecule has 0 aromatic carbocycles. The lowest BCUT2D eigenvalue weighted by molar-refractivity contribution is 0.0576. The van der Waals surface area contributed by atoms with Crippen molar-refractivity contribution in [1.29, 1.82) is 0 Å². The van der Waals surface area contributed by atoms with E-state index in [1.165, 1.54) is 7.11 Å². The highest BCUT2D eigenvalue weighted by molar-refractivity contribution is 5.74. The Morgan fingerprint density at radius 3 is 2.80 bits per heavy atom. The molecule has 1 saturated heterocycles. The zero-order valence-corrected chi connectivity index (χ0v) is 6.26. The fourth-order valence-corrected chi connectivity index (χ4v) is 0.964. The highest BCUT2D eigenvalue weighted by Crippen LogP contribution is 2.15. The molecule has 1 unspecified atom stereocenters. The van der Waals surface area contributed by atoms with Crippen LogP contribution in [0.1, 0.15) is 13.3 Å². The van der Waals surface area contributed by atoms with E-state index in [9.17, 15) is 4.79 Å². The third-order valence-corrected chi connectivity index (χ3v) is 1.77. The van der Waals surface area contributed by atoms with Gasteiger partial charge in [0.25, 0.3) is 0 Å². The fraction of sp³-hybridized carbons (Fsp3) is 0.833. The van der Waals surface area contributed by atoms with Gasteiger partial charge in [0.2, 0.25) is 0 Å². The van der Waals surface area contributed by atoms with E-state index in [0.717, 1.165) is 13.0 Å². The molecule has 1 heterocycles. The highest BCUT2D eigenvalue weighted by Gasteiger charge is 2.27. The van der Waals surface area contributed by atoms with Crippen LogP contribution in [0.15, 0.2) is 0 Å². The summed E-state index contributed by atoms with van der Waals surface area (Å²) in [6.07, 6.45) is 1.09. The summed E-state index contributed by atoms with van der Waals surface area (Å²) in [5.74, 6) is 0. The van der Waals surface area contributed by atoms with Crippen LogP contribution in [0, 0.1) is 0 Å². The SMILES string of the molecule is CONC(=O)N1CCC1C. The van der Waals surface area contributed by atoms with Gasteiger partial charge in [-0.3, -0.25) is 4.84 Å². The number of likely N-dealkylation sites (tertiary alicyclic amines) is 1. The maximum Gasteiger partial charge on any atom is 0.341 e. The van der Waals surface area contributed by atoms with Crippen LogP contribution in [-0.2, 0) is 4.84 Å². The molecule has 0 aromatic rings. The van der Waals surface area contributed by atoms with E-state index < -0.39 is 0 Å². The van der Waals surface area contributed by atoms with Gasteiger partial charge in [0, 0.05) is 12.6 Å². The van der Waals surface area contributed by atoms with Crippen LogP contribution in [0.3, 0.4) is 0 Å². The molecule has 1 aliphatic heterocycles. The molecule has 10 heavy (non-hydrogen) atoms. The van der Waals surface area contributed by atoms with E-state index in [4.69, 9.17) is 0 Å². The van der Waals surface area contributed by atoms with Gasteiger partial charge < -0.3 is 4.90 Å². The molecule has 0 bridgehead atoms. The molecule has 1 rings (SSSR count). The lowest BCUT2D eigenvalue weighted by Gasteiger charge is -2.37. The Morgan fingerprint density at radius 2 is 2.50 bits per heavy atom. The summed E-state index contributed by atoms with van der Waals surface area (Å²) >= 11 is 0. The first kappa shape index (κ1) is 7.34. The molecule has 0 saturated carbocycles. The van der Waals surface area contributed by atoms with E-state index in [1.807, 2.05) is 6.92 Å². The number of nitrogens with zero attached hydrogens (tertiary/aromatic N) is 1. The first-order chi connectivity index (χ1) is 4.75. The molecule has 0 radical (unpaired) electrons. The number of carbonyl (C=O) groups excluding carboxylic acids is 1. The summed E-state index contributed by atoms with van der Waals surface area (Å²) < 4.78 is 0. The summed E-state index contributed by atoms with van der Waals surface area (Å²) in [5.41, 5.74) is 2.26. The molecule has 58 valence electrons. The second-order valence-electron chi connectivity index (χ2n) is 2.44. The number of hydrogen-bond donors (Lipinski definition) is 1. The minimum absolute atomic E-state index is 0.138. The van der Waals surface area contributed by atoms with Gasteiger partial charge in [-0.1, -0.05) is 0 Å². The minimum Gasteiger partial charge on any atom is -0.320 e. The first-order valence-corrected chi connectivity index (χ1v) is 3.35. The Labute approximate surface area is 60.1 Å². The predicted molar refractivity (Wildman–Crippen MR) is 36.3 cm³/mol. The second-order valence-corrected chi connectivity index (χ2v) is 2.44. The van der Waals surface area contributed by atoms with Gasteiger partial charge in [0.05, 0.1) is 7.11 Å². The lowest BCUT2D eigenvalue weighted by atomic mass is 10.1. The van der Waals surface area contributed by atoms with Gasteiger partial charge in [0.1, 0.15) is 0 Å². The molecule has 1 aliphatic rings. The van der Waals surface area contributed by atoms with Gasteiger partial charge in [-0.2, -0.15) is 0 Å². The maximum absolute atomic E-state index is 10.9. The summed E-state index contributed by atoms with van der Waals surface area (Å²) in [6.45, 7) is 2.86. The maximum atomic E-state index is 10.9. The van der Waals surface area contributed by atoms with Crippen molar-refractivity contribution in [1.82, 2.24) is 10.4 Å². The molecule has 1 N–H and O–H groups in total. The minimum atomic E-state index is -0.138. The molecule has 0 aliphatic carbocycles. The van der Waals surface area contributed by atoms with Crippen molar-refractivity contribution in [2.75, 3.05) is 13.7 Å². The largest absolute Gasteiger partial charge is 0.341 e. The van der Waals surface area contributed by atoms with Crippen molar-refractivity contribution in [3.63, 3.8) is 0 Å². The van der Waals surface area contributed by atoms with Crippen molar-refractivity contribution < 1.29 is 9.63 Å². The molecule has 4 heteroatoms. The fourth-order valence-electron chi connectivity index (χ4n) is 0.964. The molecular weight excluding hydrogens is 132 g/mol. The smallest absolute Gasteiger partial charge is 0.320 e. The number of nitrogens with one attached hydrogen (secondary N) is 1. The topological polar surface area (TPSA) is 41.6 Å². The van der Waals surface area contributed by atoms with E-state index >= 15 is 0 Å². The summed E-state index contributed by atoms with van der Waals surface area (Å²) in [6, 6.07) is 0.233. The zero-order chi connectivity index (χ0) is 7.56. The standard InChI is InChI=1S/C6H12N2O2/c1-5-3-4-8(5)6(9)7-10-2/h5H,3-4H2,1-2H3,(H,7,9). The average Bonchev–Trinajstić information content (AvgIpc) is 1.85. The van der Waals surface area contributed by atoms with E-state index in [2.05, 4.69) is 10.3 Å². The zero-order valence-electron chi connectivity index (χ0n) is 6.26. The quantitative estimate of drug-likeness (QED) is 0.539. The number of rotatable bonds is 1. The molecule has 4 nitrogen and oxygen atoms in total. The lowest BCUT2D eigenvalue weighted by Crippen LogP contribution is -2.53. The first-order valence-electron chi connectivity index (χ1n) is 3.35. The van der Waals surface area contributed by atoms with Crippen molar-refractivity contribution in [2.45, 2.75) is 19.4 Å². The van der Waals surface area contributed by atoms with E-state index in [0.29, 0.717) is 6.04 Å². The summed E-state index contributed by atoms with van der Waals surface area (Å²) in [5, 5.41) is 0. The van der Waals surface area contributed by atoms with Gasteiger partial charge in [-0.25, -0.2) is 10.3 Å². The average molecular weight is 144 g/mol. The Balaban J connectivity index is 2.27. The van der Waals surface area contributed by atoms with Crippen molar-refractivity contribution in [2.24, 2.45) is 0 Å². The highest BCUT2D eigenvalue weighted by atomic mass is 16.6. The van der Waals surface area contributed by atoms with Crippen LogP contribution >= 0.6 is 0 Å². The molecule has 1 fully saturated rings. The summed E-state index contributed by atoms with van der Waals surface area (Å²) in [4.78, 5) is 17.1. The number of carbonyl (C=O) groups is 1. The molecule has 2 amide bonds. The molecule has 0 aromatic heterocycles. The van der Waals surface area contributed by atoms with Crippen LogP contribution < -0.4 is 5.48 Å². The van der Waals surface area contributed by atoms with Gasteiger partial charge >= 0.3 is 6.03 Å². The number of hydroxylamine groups is 1. The Kier molecular flexibility index (Phi) is 2.11. The molecule has 1 atom stereocenters. The van der Waals surface area contributed by atoms with Crippen LogP contribution in [0.5, 0.6) is 0 Å². The molecule has 0 spiro atoms. The van der Waals surface area contributed by atoms with E-state index in [-0.39, 0.29) is 6.03 Å². The Hall–Kier alpha value is -0.770.